The molecule has 0 spiro atoms. The highest BCUT2D eigenvalue weighted by molar-refractivity contribution is 6.29. The van der Waals surface area contributed by atoms with Gasteiger partial charge in [0.05, 0.1) is 0 Å². The first kappa shape index (κ1) is 23.1. The van der Waals surface area contributed by atoms with Crippen LogP contribution in [0, 0.1) is 0 Å². The average molecular weight is 465 g/mol. The predicted octanol–water partition coefficient (Wildman–Crippen LogP) is 5.80. The second-order valence-electron chi connectivity index (χ2n) is 7.96. The normalized spacial score (nSPS) is 12.2. The molecular weight excluding hydrogens is 436 g/mol. The molecule has 4 rings (SSSR count). The number of benzene rings is 2. The Morgan fingerprint density at radius 1 is 1.06 bits per heavy atom. The number of hydrogen-bond acceptors (Lipinski definition) is 5. The molecule has 0 amide bonds. The third kappa shape index (κ3) is 5.31. The fourth-order valence-electron chi connectivity index (χ4n) is 3.96. The molecule has 0 radical (unpaired) electrons. The van der Waals surface area contributed by atoms with Crippen LogP contribution in [0.3, 0.4) is 0 Å². The molecule has 0 aliphatic carbocycles. The molecule has 7 nitrogen and oxygen atoms in total. The quantitative estimate of drug-likeness (QED) is 0.296. The van der Waals surface area contributed by atoms with Gasteiger partial charge in [0.15, 0.2) is 12.1 Å². The van der Waals surface area contributed by atoms with Crippen LogP contribution in [-0.2, 0) is 17.7 Å². The number of halogens is 1. The molecule has 0 fully saturated rings. The van der Waals surface area contributed by atoms with Crippen molar-refractivity contribution in [2.45, 2.75) is 52.8 Å². The molecule has 172 valence electrons. The molecule has 1 atom stereocenters. The summed E-state index contributed by atoms with van der Waals surface area (Å²) in [4.78, 5) is 4.51. The van der Waals surface area contributed by atoms with E-state index in [0.29, 0.717) is 24.1 Å². The highest BCUT2D eigenvalue weighted by atomic mass is 35.5. The van der Waals surface area contributed by atoms with Crippen LogP contribution in [0.25, 0.3) is 22.5 Å². The van der Waals surface area contributed by atoms with E-state index in [0.717, 1.165) is 47.3 Å². The average Bonchev–Trinajstić information content (AvgIpc) is 3.45. The molecule has 0 aliphatic rings. The van der Waals surface area contributed by atoms with Gasteiger partial charge in [0.1, 0.15) is 11.0 Å². The summed E-state index contributed by atoms with van der Waals surface area (Å²) in [6, 6.07) is 16.7. The summed E-state index contributed by atoms with van der Waals surface area (Å²) in [5.41, 5.74) is 4.24. The summed E-state index contributed by atoms with van der Waals surface area (Å²) >= 11 is 6.24. The van der Waals surface area contributed by atoms with Crippen molar-refractivity contribution in [3.8, 4) is 22.5 Å². The summed E-state index contributed by atoms with van der Waals surface area (Å²) < 4.78 is 9.63. The number of aryl methyl sites for hydroxylation is 1. The van der Waals surface area contributed by atoms with Gasteiger partial charge in [-0.1, -0.05) is 67.4 Å². The van der Waals surface area contributed by atoms with E-state index in [1.165, 1.54) is 0 Å². The minimum atomic E-state index is -0.277. The Labute approximate surface area is 199 Å². The molecule has 0 aliphatic heterocycles. The largest absolute Gasteiger partial charge is 0.357 e. The Kier molecular flexibility index (Phi) is 7.52. The molecule has 2 heterocycles. The van der Waals surface area contributed by atoms with Crippen molar-refractivity contribution in [1.29, 1.82) is 0 Å². The molecule has 8 heteroatoms. The van der Waals surface area contributed by atoms with Crippen molar-refractivity contribution in [2.24, 2.45) is 0 Å². The van der Waals surface area contributed by atoms with Crippen molar-refractivity contribution in [1.82, 2.24) is 29.8 Å². The molecule has 0 bridgehead atoms. The number of aromatic nitrogens is 6. The fourth-order valence-corrected chi connectivity index (χ4v) is 4.17. The molecule has 4 aromatic rings. The fraction of sp³-hybridized carbons (Fsp3) is 0.360. The number of imidazole rings is 1. The van der Waals surface area contributed by atoms with Crippen molar-refractivity contribution < 1.29 is 4.74 Å². The Morgan fingerprint density at radius 3 is 2.64 bits per heavy atom. The third-order valence-corrected chi connectivity index (χ3v) is 5.77. The van der Waals surface area contributed by atoms with Crippen LogP contribution < -0.4 is 0 Å². The molecule has 1 unspecified atom stereocenters. The molecule has 2 aromatic heterocycles. The number of hydrogen-bond donors (Lipinski definition) is 0. The van der Waals surface area contributed by atoms with Gasteiger partial charge in [0.25, 0.3) is 0 Å². The molecule has 0 saturated heterocycles. The lowest BCUT2D eigenvalue weighted by Gasteiger charge is -2.16. The summed E-state index contributed by atoms with van der Waals surface area (Å²) in [7, 11) is 0. The number of tetrazole rings is 1. The van der Waals surface area contributed by atoms with Gasteiger partial charge in [-0.3, -0.25) is 0 Å². The molecular formula is C25H29ClN6O. The number of ether oxygens (including phenoxy) is 1. The van der Waals surface area contributed by atoms with Gasteiger partial charge < -0.3 is 9.30 Å². The highest BCUT2D eigenvalue weighted by Gasteiger charge is 2.19. The molecule has 0 N–H and O–H groups in total. The van der Waals surface area contributed by atoms with Gasteiger partial charge in [-0.2, -0.15) is 4.68 Å². The summed E-state index contributed by atoms with van der Waals surface area (Å²) in [6.07, 6.45) is 4.72. The summed E-state index contributed by atoms with van der Waals surface area (Å²) in [6.45, 7) is 7.33. The van der Waals surface area contributed by atoms with Crippen LogP contribution in [0.2, 0.25) is 5.15 Å². The number of nitrogens with zero attached hydrogens (tertiary/aromatic N) is 6. The van der Waals surface area contributed by atoms with E-state index in [2.05, 4.69) is 62.3 Å². The van der Waals surface area contributed by atoms with Crippen molar-refractivity contribution in [2.75, 3.05) is 6.61 Å². The lowest BCUT2D eigenvalue weighted by Crippen LogP contribution is -2.13. The van der Waals surface area contributed by atoms with Gasteiger partial charge in [-0.05, 0) is 53.5 Å². The zero-order valence-corrected chi connectivity index (χ0v) is 20.0. The number of unbranched alkanes of at least 4 members (excludes halogenated alkanes) is 1. The Hall–Kier alpha value is -3.03. The van der Waals surface area contributed by atoms with Gasteiger partial charge in [-0.25, -0.2) is 4.98 Å². The second kappa shape index (κ2) is 10.7. The molecule has 33 heavy (non-hydrogen) atoms. The predicted molar refractivity (Wildman–Crippen MR) is 130 cm³/mol. The van der Waals surface area contributed by atoms with Gasteiger partial charge in [0.2, 0.25) is 0 Å². The first-order chi connectivity index (χ1) is 16.1. The van der Waals surface area contributed by atoms with Crippen LogP contribution in [0.1, 0.15) is 51.2 Å². The van der Waals surface area contributed by atoms with Crippen LogP contribution >= 0.6 is 11.6 Å². The Balaban J connectivity index is 1.77. The number of rotatable bonds is 10. The van der Waals surface area contributed by atoms with Crippen LogP contribution in [0.15, 0.2) is 54.7 Å². The van der Waals surface area contributed by atoms with E-state index in [9.17, 15) is 0 Å². The Morgan fingerprint density at radius 2 is 1.88 bits per heavy atom. The first-order valence-electron chi connectivity index (χ1n) is 11.4. The van der Waals surface area contributed by atoms with Crippen molar-refractivity contribution in [3.63, 3.8) is 0 Å². The maximum absolute atomic E-state index is 6.24. The van der Waals surface area contributed by atoms with Crippen LogP contribution in [-0.4, -0.2) is 36.4 Å². The van der Waals surface area contributed by atoms with Crippen LogP contribution in [0.5, 0.6) is 0 Å². The lowest BCUT2D eigenvalue weighted by molar-refractivity contribution is 0.0159. The summed E-state index contributed by atoms with van der Waals surface area (Å²) in [5, 5.41) is 13.1. The van der Waals surface area contributed by atoms with Crippen molar-refractivity contribution >= 4 is 11.6 Å². The van der Waals surface area contributed by atoms with E-state index >= 15 is 0 Å². The van der Waals surface area contributed by atoms with Gasteiger partial charge in [-0.15, -0.1) is 5.10 Å². The minimum absolute atomic E-state index is 0.277. The zero-order valence-electron chi connectivity index (χ0n) is 19.3. The van der Waals surface area contributed by atoms with E-state index < -0.39 is 0 Å². The van der Waals surface area contributed by atoms with Crippen molar-refractivity contribution in [3.05, 3.63) is 71.3 Å². The SMILES string of the molecule is CCCCc1nc(Cl)cn1Cc1ccc(-c2ccccc2)c(-c2nnnn2C(C)OCC)c1. The monoisotopic (exact) mass is 464 g/mol. The maximum Gasteiger partial charge on any atom is 0.185 e. The van der Waals surface area contributed by atoms with Gasteiger partial charge in [0, 0.05) is 31.3 Å². The highest BCUT2D eigenvalue weighted by Crippen LogP contribution is 2.33. The van der Waals surface area contributed by atoms with E-state index in [1.54, 1.807) is 4.68 Å². The summed E-state index contributed by atoms with van der Waals surface area (Å²) in [5.74, 6) is 1.68. The molecule has 0 saturated carbocycles. The standard InChI is InChI=1S/C25H29ClN6O/c1-4-6-12-24-27-23(26)17-31(24)16-19-13-14-21(20-10-8-7-9-11-20)22(15-19)25-28-29-30-32(25)18(3)33-5-2/h7-11,13-15,17-18H,4-6,12,16H2,1-3H3. The van der Waals surface area contributed by atoms with E-state index in [1.807, 2.05) is 38.2 Å². The topological polar surface area (TPSA) is 70.7 Å². The maximum atomic E-state index is 6.24. The van der Waals surface area contributed by atoms with E-state index in [-0.39, 0.29) is 6.23 Å². The molecule has 2 aromatic carbocycles. The Bertz CT molecular complexity index is 1190. The third-order valence-electron chi connectivity index (χ3n) is 5.59. The van der Waals surface area contributed by atoms with Crippen LogP contribution in [0.4, 0.5) is 0 Å². The lowest BCUT2D eigenvalue weighted by atomic mass is 9.96. The smallest absolute Gasteiger partial charge is 0.185 e. The second-order valence-corrected chi connectivity index (χ2v) is 8.35. The first-order valence-corrected chi connectivity index (χ1v) is 11.8. The zero-order chi connectivity index (χ0) is 23.2. The van der Waals surface area contributed by atoms with E-state index in [4.69, 9.17) is 16.3 Å². The van der Waals surface area contributed by atoms with Gasteiger partial charge >= 0.3 is 0 Å². The minimum Gasteiger partial charge on any atom is -0.357 e.